The van der Waals surface area contributed by atoms with Gasteiger partial charge < -0.3 is 10.2 Å². The molecule has 0 aromatic rings. The molecule has 0 radical (unpaired) electrons. The molecule has 1 heterocycles. The van der Waals surface area contributed by atoms with Gasteiger partial charge in [0.2, 0.25) is 5.91 Å². The van der Waals surface area contributed by atoms with Gasteiger partial charge in [-0.25, -0.2) is 0 Å². The summed E-state index contributed by atoms with van der Waals surface area (Å²) in [6.07, 6.45) is 9.78. The Hall–Kier alpha value is -0.830. The van der Waals surface area contributed by atoms with E-state index >= 15 is 0 Å². The number of fused-ring (bicyclic) bond motifs is 2. The van der Waals surface area contributed by atoms with Crippen LogP contribution in [0.2, 0.25) is 0 Å². The third kappa shape index (κ3) is 2.33. The van der Waals surface area contributed by atoms with Crippen LogP contribution in [0.4, 0.5) is 0 Å². The summed E-state index contributed by atoms with van der Waals surface area (Å²) in [5.74, 6) is 2.61. The van der Waals surface area contributed by atoms with Crippen LogP contribution in [0.5, 0.6) is 0 Å². The molecule has 4 unspecified atom stereocenters. The quantitative estimate of drug-likeness (QED) is 0.769. The van der Waals surface area contributed by atoms with E-state index in [1.54, 1.807) is 0 Å². The molecule has 1 aliphatic heterocycles. The van der Waals surface area contributed by atoms with E-state index in [2.05, 4.69) is 24.4 Å². The number of allylic oxidation sites excluding steroid dienone is 2. The van der Waals surface area contributed by atoms with Crippen molar-refractivity contribution in [3.05, 3.63) is 12.2 Å². The number of hydrogen-bond donors (Lipinski definition) is 1. The number of carbonyl (C=O) groups excluding carboxylic acids is 1. The monoisotopic (exact) mass is 248 g/mol. The molecular weight excluding hydrogens is 224 g/mol. The van der Waals surface area contributed by atoms with Gasteiger partial charge in [0.1, 0.15) is 0 Å². The van der Waals surface area contributed by atoms with Crippen molar-refractivity contribution < 1.29 is 4.79 Å². The van der Waals surface area contributed by atoms with Crippen molar-refractivity contribution >= 4 is 5.91 Å². The summed E-state index contributed by atoms with van der Waals surface area (Å²) < 4.78 is 0. The van der Waals surface area contributed by atoms with Gasteiger partial charge in [0.05, 0.1) is 6.54 Å². The van der Waals surface area contributed by atoms with Crippen LogP contribution in [0, 0.1) is 17.8 Å². The van der Waals surface area contributed by atoms with Crippen molar-refractivity contribution in [1.29, 1.82) is 0 Å². The number of nitrogens with one attached hydrogen (secondary N) is 1. The molecule has 0 aromatic carbocycles. The lowest BCUT2D eigenvalue weighted by Gasteiger charge is -2.27. The SMILES string of the molecule is CC(NCC(=O)N1CCCC1)C1CC2C=CC1C2. The maximum absolute atomic E-state index is 12.0. The minimum absolute atomic E-state index is 0.290. The highest BCUT2D eigenvalue weighted by Crippen LogP contribution is 2.44. The van der Waals surface area contributed by atoms with Gasteiger partial charge in [0.25, 0.3) is 0 Å². The predicted molar refractivity (Wildman–Crippen MR) is 72.1 cm³/mol. The van der Waals surface area contributed by atoms with Gasteiger partial charge in [-0.15, -0.1) is 0 Å². The van der Waals surface area contributed by atoms with E-state index in [1.165, 1.54) is 25.7 Å². The van der Waals surface area contributed by atoms with Crippen molar-refractivity contribution in [3.63, 3.8) is 0 Å². The minimum Gasteiger partial charge on any atom is -0.342 e. The van der Waals surface area contributed by atoms with Gasteiger partial charge in [-0.2, -0.15) is 0 Å². The Morgan fingerprint density at radius 3 is 2.72 bits per heavy atom. The Morgan fingerprint density at radius 1 is 1.33 bits per heavy atom. The van der Waals surface area contributed by atoms with E-state index in [-0.39, 0.29) is 5.91 Å². The second kappa shape index (κ2) is 5.04. The third-order valence-corrected chi connectivity index (χ3v) is 5.01. The average molecular weight is 248 g/mol. The molecule has 3 nitrogen and oxygen atoms in total. The lowest BCUT2D eigenvalue weighted by atomic mass is 9.87. The first-order valence-corrected chi connectivity index (χ1v) is 7.43. The number of rotatable bonds is 4. The number of carbonyl (C=O) groups is 1. The zero-order chi connectivity index (χ0) is 12.5. The van der Waals surface area contributed by atoms with Crippen LogP contribution >= 0.6 is 0 Å². The molecule has 3 aliphatic rings. The fraction of sp³-hybridized carbons (Fsp3) is 0.800. The molecule has 3 heteroatoms. The molecule has 100 valence electrons. The Bertz CT molecular complexity index is 346. The van der Waals surface area contributed by atoms with E-state index in [9.17, 15) is 4.79 Å². The summed E-state index contributed by atoms with van der Waals surface area (Å²) in [6, 6.07) is 0.469. The highest BCUT2D eigenvalue weighted by atomic mass is 16.2. The zero-order valence-corrected chi connectivity index (χ0v) is 11.3. The molecule has 4 atom stereocenters. The average Bonchev–Trinajstić information content (AvgIpc) is 3.09. The summed E-state index contributed by atoms with van der Waals surface area (Å²) in [7, 11) is 0. The first kappa shape index (κ1) is 12.2. The van der Waals surface area contributed by atoms with E-state index in [0.717, 1.165) is 30.8 Å². The number of hydrogen-bond acceptors (Lipinski definition) is 2. The molecule has 2 aliphatic carbocycles. The summed E-state index contributed by atoms with van der Waals surface area (Å²) in [6.45, 7) is 4.70. The summed E-state index contributed by atoms with van der Waals surface area (Å²) in [4.78, 5) is 14.0. The van der Waals surface area contributed by atoms with Crippen molar-refractivity contribution in [3.8, 4) is 0 Å². The molecule has 1 saturated carbocycles. The first-order chi connectivity index (χ1) is 8.74. The lowest BCUT2D eigenvalue weighted by molar-refractivity contribution is -0.129. The molecule has 2 fully saturated rings. The van der Waals surface area contributed by atoms with E-state index in [1.807, 2.05) is 4.90 Å². The number of amides is 1. The normalized spacial score (nSPS) is 35.4. The van der Waals surface area contributed by atoms with Crippen molar-refractivity contribution in [2.75, 3.05) is 19.6 Å². The highest BCUT2D eigenvalue weighted by molar-refractivity contribution is 5.78. The smallest absolute Gasteiger partial charge is 0.236 e. The molecule has 3 rings (SSSR count). The largest absolute Gasteiger partial charge is 0.342 e. The molecule has 1 saturated heterocycles. The molecule has 2 bridgehead atoms. The fourth-order valence-corrected chi connectivity index (χ4v) is 3.88. The van der Waals surface area contributed by atoms with Crippen LogP contribution in [-0.4, -0.2) is 36.5 Å². The van der Waals surface area contributed by atoms with Gasteiger partial charge in [0, 0.05) is 19.1 Å². The standard InChI is InChI=1S/C15H24N2O/c1-11(14-9-12-4-5-13(14)8-12)16-10-15(18)17-6-2-3-7-17/h4-5,11-14,16H,2-3,6-10H2,1H3. The van der Waals surface area contributed by atoms with Crippen molar-refractivity contribution in [2.24, 2.45) is 17.8 Å². The maximum atomic E-state index is 12.0. The highest BCUT2D eigenvalue weighted by Gasteiger charge is 2.38. The third-order valence-electron chi connectivity index (χ3n) is 5.01. The van der Waals surface area contributed by atoms with Gasteiger partial charge >= 0.3 is 0 Å². The molecule has 1 N–H and O–H groups in total. The Balaban J connectivity index is 1.45. The second-order valence-corrected chi connectivity index (χ2v) is 6.20. The summed E-state index contributed by atoms with van der Waals surface area (Å²) in [5.41, 5.74) is 0. The van der Waals surface area contributed by atoms with Gasteiger partial charge in [-0.05, 0) is 50.4 Å². The number of likely N-dealkylation sites (tertiary alicyclic amines) is 1. The van der Waals surface area contributed by atoms with Crippen LogP contribution in [-0.2, 0) is 4.79 Å². The predicted octanol–water partition coefficient (Wildman–Crippen LogP) is 1.80. The van der Waals surface area contributed by atoms with Gasteiger partial charge in [-0.1, -0.05) is 12.2 Å². The lowest BCUT2D eigenvalue weighted by Crippen LogP contribution is -2.43. The van der Waals surface area contributed by atoms with Crippen LogP contribution < -0.4 is 5.32 Å². The van der Waals surface area contributed by atoms with E-state index < -0.39 is 0 Å². The zero-order valence-electron chi connectivity index (χ0n) is 11.3. The minimum atomic E-state index is 0.290. The fourth-order valence-electron chi connectivity index (χ4n) is 3.88. The van der Waals surface area contributed by atoms with Crippen LogP contribution in [0.1, 0.15) is 32.6 Å². The van der Waals surface area contributed by atoms with E-state index in [0.29, 0.717) is 12.6 Å². The molecule has 0 spiro atoms. The Kier molecular flexibility index (Phi) is 3.42. The van der Waals surface area contributed by atoms with Crippen LogP contribution in [0.15, 0.2) is 12.2 Å². The second-order valence-electron chi connectivity index (χ2n) is 6.20. The molecule has 1 amide bonds. The van der Waals surface area contributed by atoms with E-state index in [4.69, 9.17) is 0 Å². The maximum Gasteiger partial charge on any atom is 0.236 e. The Labute approximate surface area is 110 Å². The van der Waals surface area contributed by atoms with Crippen molar-refractivity contribution in [2.45, 2.75) is 38.6 Å². The molecular formula is C15H24N2O. The topological polar surface area (TPSA) is 32.3 Å². The molecule has 0 aromatic heterocycles. The van der Waals surface area contributed by atoms with Crippen LogP contribution in [0.3, 0.4) is 0 Å². The molecule has 18 heavy (non-hydrogen) atoms. The van der Waals surface area contributed by atoms with Gasteiger partial charge in [0.15, 0.2) is 0 Å². The van der Waals surface area contributed by atoms with Gasteiger partial charge in [-0.3, -0.25) is 4.79 Å². The van der Waals surface area contributed by atoms with Crippen molar-refractivity contribution in [1.82, 2.24) is 10.2 Å². The first-order valence-electron chi connectivity index (χ1n) is 7.43. The Morgan fingerprint density at radius 2 is 2.11 bits per heavy atom. The summed E-state index contributed by atoms with van der Waals surface area (Å²) in [5, 5.41) is 3.46. The number of nitrogens with zero attached hydrogens (tertiary/aromatic N) is 1. The van der Waals surface area contributed by atoms with Crippen LogP contribution in [0.25, 0.3) is 0 Å². The summed E-state index contributed by atoms with van der Waals surface area (Å²) >= 11 is 0.